The lowest BCUT2D eigenvalue weighted by molar-refractivity contribution is -0.133. The van der Waals surface area contributed by atoms with E-state index in [4.69, 9.17) is 5.73 Å². The second kappa shape index (κ2) is 6.48. The molecule has 2 fully saturated rings. The van der Waals surface area contributed by atoms with Gasteiger partial charge in [-0.2, -0.15) is 0 Å². The molecule has 0 spiro atoms. The summed E-state index contributed by atoms with van der Waals surface area (Å²) < 4.78 is 0. The zero-order valence-electron chi connectivity index (χ0n) is 13.1. The molecular weight excluding hydrogens is 294 g/mol. The first-order valence-electron chi connectivity index (χ1n) is 8.20. The lowest BCUT2D eigenvalue weighted by Crippen LogP contribution is -2.42. The number of nitrogens with zero attached hydrogens (tertiary/aromatic N) is 1. The third kappa shape index (κ3) is 3.75. The van der Waals surface area contributed by atoms with Gasteiger partial charge in [-0.15, -0.1) is 0 Å². The number of anilines is 1. The Morgan fingerprint density at radius 2 is 1.91 bits per heavy atom. The number of carbonyl (C=O) groups excluding carboxylic acids is 2. The molecule has 4 N–H and O–H groups in total. The molecule has 1 saturated heterocycles. The van der Waals surface area contributed by atoms with Gasteiger partial charge in [-0.1, -0.05) is 0 Å². The molecule has 0 atom stereocenters. The van der Waals surface area contributed by atoms with Crippen molar-refractivity contribution in [1.82, 2.24) is 10.2 Å². The smallest absolute Gasteiger partial charge is 0.253 e. The van der Waals surface area contributed by atoms with Crippen molar-refractivity contribution in [3.8, 4) is 5.75 Å². The van der Waals surface area contributed by atoms with Crippen LogP contribution in [0.15, 0.2) is 18.2 Å². The Morgan fingerprint density at radius 1 is 1.22 bits per heavy atom. The Bertz CT molecular complexity index is 605. The van der Waals surface area contributed by atoms with Crippen molar-refractivity contribution in [3.63, 3.8) is 0 Å². The topological polar surface area (TPSA) is 95.7 Å². The average Bonchev–Trinajstić information content (AvgIpc) is 3.39. The predicted octanol–water partition coefficient (Wildman–Crippen LogP) is 1.35. The quantitative estimate of drug-likeness (QED) is 0.577. The van der Waals surface area contributed by atoms with E-state index in [1.165, 1.54) is 18.2 Å². The Labute approximate surface area is 135 Å². The van der Waals surface area contributed by atoms with Crippen LogP contribution < -0.4 is 11.1 Å². The molecule has 1 saturated carbocycles. The van der Waals surface area contributed by atoms with Gasteiger partial charge in [0.25, 0.3) is 5.91 Å². The largest absolute Gasteiger partial charge is 0.508 e. The summed E-state index contributed by atoms with van der Waals surface area (Å²) in [5, 5.41) is 12.3. The van der Waals surface area contributed by atoms with Gasteiger partial charge in [-0.3, -0.25) is 9.59 Å². The van der Waals surface area contributed by atoms with Crippen LogP contribution in [0.5, 0.6) is 5.75 Å². The number of aromatic hydroxyl groups is 1. The van der Waals surface area contributed by atoms with Crippen molar-refractivity contribution in [1.29, 1.82) is 0 Å². The van der Waals surface area contributed by atoms with E-state index in [1.807, 2.05) is 4.90 Å². The monoisotopic (exact) mass is 317 g/mol. The number of rotatable bonds is 4. The Balaban J connectivity index is 1.46. The highest BCUT2D eigenvalue weighted by molar-refractivity contribution is 5.99. The molecule has 1 heterocycles. The van der Waals surface area contributed by atoms with Crippen molar-refractivity contribution >= 4 is 17.5 Å². The van der Waals surface area contributed by atoms with Crippen molar-refractivity contribution in [2.24, 2.45) is 11.8 Å². The number of amides is 2. The number of nitrogens with one attached hydrogen (secondary N) is 1. The van der Waals surface area contributed by atoms with Gasteiger partial charge >= 0.3 is 0 Å². The Kier molecular flexibility index (Phi) is 4.41. The molecule has 6 nitrogen and oxygen atoms in total. The second-order valence-electron chi connectivity index (χ2n) is 6.52. The Hall–Kier alpha value is -2.24. The van der Waals surface area contributed by atoms with Crippen molar-refractivity contribution in [2.45, 2.75) is 25.7 Å². The summed E-state index contributed by atoms with van der Waals surface area (Å²) in [6.07, 6.45) is 3.91. The molecule has 1 aliphatic carbocycles. The number of phenolic OH excluding ortho intramolecular Hbond substituents is 1. The molecule has 23 heavy (non-hydrogen) atoms. The maximum atomic E-state index is 12.2. The number of likely N-dealkylation sites (tertiary alicyclic amines) is 1. The summed E-state index contributed by atoms with van der Waals surface area (Å²) in [6.45, 7) is 2.13. The minimum Gasteiger partial charge on any atom is -0.508 e. The number of nitrogen functional groups attached to an aromatic ring is 1. The van der Waals surface area contributed by atoms with Crippen LogP contribution in [0.2, 0.25) is 0 Å². The van der Waals surface area contributed by atoms with E-state index >= 15 is 0 Å². The fraction of sp³-hybridized carbons (Fsp3) is 0.529. The van der Waals surface area contributed by atoms with E-state index in [9.17, 15) is 14.7 Å². The number of hydrogen-bond acceptors (Lipinski definition) is 4. The van der Waals surface area contributed by atoms with Gasteiger partial charge in [-0.25, -0.2) is 0 Å². The molecule has 0 radical (unpaired) electrons. The van der Waals surface area contributed by atoms with Gasteiger partial charge in [-0.05, 0) is 49.8 Å². The number of phenols is 1. The molecule has 1 aromatic rings. The first kappa shape index (κ1) is 15.6. The van der Waals surface area contributed by atoms with Gasteiger partial charge in [0.05, 0.1) is 5.56 Å². The molecular formula is C17H23N3O3. The number of piperidine rings is 1. The molecule has 3 rings (SSSR count). The highest BCUT2D eigenvalue weighted by Crippen LogP contribution is 2.32. The number of benzene rings is 1. The minimum atomic E-state index is -0.269. The van der Waals surface area contributed by atoms with Crippen LogP contribution in [-0.4, -0.2) is 41.5 Å². The van der Waals surface area contributed by atoms with Crippen LogP contribution in [0, 0.1) is 11.8 Å². The van der Waals surface area contributed by atoms with Crippen molar-refractivity contribution < 1.29 is 14.7 Å². The molecule has 1 aromatic carbocycles. The number of nitrogens with two attached hydrogens (primary N) is 1. The van der Waals surface area contributed by atoms with E-state index in [0.717, 1.165) is 38.8 Å². The molecule has 0 bridgehead atoms. The zero-order valence-corrected chi connectivity index (χ0v) is 13.1. The van der Waals surface area contributed by atoms with Gasteiger partial charge in [0.15, 0.2) is 0 Å². The van der Waals surface area contributed by atoms with Gasteiger partial charge in [0.1, 0.15) is 5.75 Å². The highest BCUT2D eigenvalue weighted by atomic mass is 16.3. The predicted molar refractivity (Wildman–Crippen MR) is 86.9 cm³/mol. The summed E-state index contributed by atoms with van der Waals surface area (Å²) in [5.74, 6) is 0.715. The Morgan fingerprint density at radius 3 is 2.57 bits per heavy atom. The molecule has 2 aliphatic rings. The molecule has 1 aliphatic heterocycles. The van der Waals surface area contributed by atoms with Crippen LogP contribution in [-0.2, 0) is 4.79 Å². The van der Waals surface area contributed by atoms with Crippen LogP contribution >= 0.6 is 0 Å². The lowest BCUT2D eigenvalue weighted by atomic mass is 9.96. The average molecular weight is 317 g/mol. The number of hydrogen-bond donors (Lipinski definition) is 3. The molecule has 124 valence electrons. The SMILES string of the molecule is Nc1ccc(O)cc1C(=O)NCC1CCN(C(=O)C2CC2)CC1. The summed E-state index contributed by atoms with van der Waals surface area (Å²) in [7, 11) is 0. The molecule has 0 unspecified atom stereocenters. The van der Waals surface area contributed by atoms with E-state index in [0.29, 0.717) is 29.6 Å². The summed E-state index contributed by atoms with van der Waals surface area (Å²) in [4.78, 5) is 26.1. The highest BCUT2D eigenvalue weighted by Gasteiger charge is 2.34. The molecule has 0 aromatic heterocycles. The van der Waals surface area contributed by atoms with E-state index in [1.54, 1.807) is 0 Å². The summed E-state index contributed by atoms with van der Waals surface area (Å²) in [5.41, 5.74) is 6.42. The molecule has 6 heteroatoms. The van der Waals surface area contributed by atoms with Crippen LogP contribution in [0.3, 0.4) is 0 Å². The third-order valence-corrected chi connectivity index (χ3v) is 4.69. The van der Waals surface area contributed by atoms with Crippen LogP contribution in [0.4, 0.5) is 5.69 Å². The maximum absolute atomic E-state index is 12.2. The van der Waals surface area contributed by atoms with Crippen molar-refractivity contribution in [3.05, 3.63) is 23.8 Å². The fourth-order valence-corrected chi connectivity index (χ4v) is 3.02. The van der Waals surface area contributed by atoms with E-state index in [-0.39, 0.29) is 17.6 Å². The summed E-state index contributed by atoms with van der Waals surface area (Å²) in [6, 6.07) is 4.35. The van der Waals surface area contributed by atoms with Gasteiger partial charge in [0, 0.05) is 31.2 Å². The van der Waals surface area contributed by atoms with E-state index < -0.39 is 0 Å². The third-order valence-electron chi connectivity index (χ3n) is 4.69. The van der Waals surface area contributed by atoms with Gasteiger partial charge in [0.2, 0.25) is 5.91 Å². The van der Waals surface area contributed by atoms with Crippen LogP contribution in [0.1, 0.15) is 36.0 Å². The van der Waals surface area contributed by atoms with Gasteiger partial charge < -0.3 is 21.1 Å². The molecule has 2 amide bonds. The fourth-order valence-electron chi connectivity index (χ4n) is 3.02. The normalized spacial score (nSPS) is 18.7. The minimum absolute atomic E-state index is 0.0243. The first-order chi connectivity index (χ1) is 11.0. The van der Waals surface area contributed by atoms with Crippen molar-refractivity contribution in [2.75, 3.05) is 25.4 Å². The zero-order chi connectivity index (χ0) is 16.4. The first-order valence-corrected chi connectivity index (χ1v) is 8.20. The second-order valence-corrected chi connectivity index (χ2v) is 6.52. The van der Waals surface area contributed by atoms with Crippen LogP contribution in [0.25, 0.3) is 0 Å². The standard InChI is InChI=1S/C17H23N3O3/c18-15-4-3-13(21)9-14(15)16(22)19-10-11-5-7-20(8-6-11)17(23)12-1-2-12/h3-4,9,11-12,21H,1-2,5-8,10,18H2,(H,19,22). The summed E-state index contributed by atoms with van der Waals surface area (Å²) >= 11 is 0. The van der Waals surface area contributed by atoms with E-state index in [2.05, 4.69) is 5.32 Å². The lowest BCUT2D eigenvalue weighted by Gasteiger charge is -2.32. The number of carbonyl (C=O) groups is 2. The maximum Gasteiger partial charge on any atom is 0.253 e.